The summed E-state index contributed by atoms with van der Waals surface area (Å²) in [7, 11) is 3.16. The minimum atomic E-state index is -0.464. The van der Waals surface area contributed by atoms with Gasteiger partial charge in [-0.1, -0.05) is 54.6 Å². The van der Waals surface area contributed by atoms with E-state index in [2.05, 4.69) is 36.2 Å². The third-order valence-electron chi connectivity index (χ3n) is 6.22. The minimum Gasteiger partial charge on any atom is -0.497 e. The lowest BCUT2D eigenvalue weighted by molar-refractivity contribution is -0.117. The highest BCUT2D eigenvalue weighted by atomic mass is 16.5. The molecule has 0 unspecified atom stereocenters. The van der Waals surface area contributed by atoms with Gasteiger partial charge in [-0.05, 0) is 70.3 Å². The van der Waals surface area contributed by atoms with Crippen LogP contribution in [0, 0.1) is 11.3 Å². The zero-order valence-electron chi connectivity index (χ0n) is 22.1. The Hall–Kier alpha value is -5.02. The topological polar surface area (TPSA) is 80.6 Å². The van der Waals surface area contributed by atoms with Crippen LogP contribution in [-0.4, -0.2) is 20.1 Å². The maximum absolute atomic E-state index is 12.8. The van der Waals surface area contributed by atoms with Crippen molar-refractivity contribution in [1.29, 1.82) is 5.26 Å². The Morgan fingerprint density at radius 3 is 2.38 bits per heavy atom. The average Bonchev–Trinajstić information content (AvgIpc) is 2.98. The van der Waals surface area contributed by atoms with Gasteiger partial charge >= 0.3 is 0 Å². The molecule has 39 heavy (non-hydrogen) atoms. The molecule has 4 aromatic carbocycles. The quantitative estimate of drug-likeness (QED) is 0.141. The van der Waals surface area contributed by atoms with Crippen molar-refractivity contribution in [3.63, 3.8) is 0 Å². The second-order valence-electron chi connectivity index (χ2n) is 8.87. The van der Waals surface area contributed by atoms with Crippen molar-refractivity contribution < 1.29 is 19.0 Å². The molecule has 4 aromatic rings. The second-order valence-corrected chi connectivity index (χ2v) is 8.87. The summed E-state index contributed by atoms with van der Waals surface area (Å²) in [5.41, 5.74) is 3.40. The summed E-state index contributed by atoms with van der Waals surface area (Å²) < 4.78 is 17.0. The highest BCUT2D eigenvalue weighted by Gasteiger charge is 2.15. The fraction of sp³-hybridized carbons (Fsp3) is 0.152. The molecular formula is C33H30N2O4. The van der Waals surface area contributed by atoms with E-state index in [1.54, 1.807) is 32.4 Å². The van der Waals surface area contributed by atoms with Gasteiger partial charge in [0.1, 0.15) is 24.0 Å². The summed E-state index contributed by atoms with van der Waals surface area (Å²) in [6.45, 7) is 4.51. The van der Waals surface area contributed by atoms with Crippen molar-refractivity contribution in [3.8, 4) is 23.3 Å². The van der Waals surface area contributed by atoms with E-state index < -0.39 is 5.91 Å². The third-order valence-corrected chi connectivity index (χ3v) is 6.22. The molecule has 0 saturated heterocycles. The molecule has 1 N–H and O–H groups in total. The largest absolute Gasteiger partial charge is 0.497 e. The summed E-state index contributed by atoms with van der Waals surface area (Å²) in [5.74, 6) is 1.38. The molecule has 0 atom stereocenters. The Morgan fingerprint density at radius 1 is 0.949 bits per heavy atom. The van der Waals surface area contributed by atoms with E-state index in [0.717, 1.165) is 27.8 Å². The number of ether oxygens (including phenoxy) is 3. The van der Waals surface area contributed by atoms with Gasteiger partial charge in [0, 0.05) is 12.1 Å². The van der Waals surface area contributed by atoms with Gasteiger partial charge in [0.15, 0.2) is 11.5 Å². The van der Waals surface area contributed by atoms with E-state index >= 15 is 0 Å². The predicted molar refractivity (Wildman–Crippen MR) is 154 cm³/mol. The number of hydrogen-bond donors (Lipinski definition) is 1. The summed E-state index contributed by atoms with van der Waals surface area (Å²) in [6.07, 6.45) is 3.85. The summed E-state index contributed by atoms with van der Waals surface area (Å²) in [6, 6.07) is 27.4. The summed E-state index contributed by atoms with van der Waals surface area (Å²) >= 11 is 0. The molecule has 0 bridgehead atoms. The van der Waals surface area contributed by atoms with Crippen LogP contribution in [-0.2, 0) is 24.4 Å². The van der Waals surface area contributed by atoms with Crippen LogP contribution >= 0.6 is 0 Å². The first-order chi connectivity index (χ1) is 19.0. The molecule has 0 aliphatic heterocycles. The Kier molecular flexibility index (Phi) is 8.99. The molecule has 6 nitrogen and oxygen atoms in total. The van der Waals surface area contributed by atoms with E-state index in [1.165, 1.54) is 5.39 Å². The first-order valence-corrected chi connectivity index (χ1v) is 12.5. The molecule has 1 amide bonds. The van der Waals surface area contributed by atoms with Gasteiger partial charge in [0.05, 0.1) is 14.2 Å². The number of carbonyl (C=O) groups is 1. The molecule has 0 fully saturated rings. The van der Waals surface area contributed by atoms with E-state index in [0.29, 0.717) is 30.1 Å². The Morgan fingerprint density at radius 2 is 1.69 bits per heavy atom. The van der Waals surface area contributed by atoms with Crippen LogP contribution in [0.4, 0.5) is 0 Å². The van der Waals surface area contributed by atoms with Crippen LogP contribution in [0.1, 0.15) is 22.3 Å². The van der Waals surface area contributed by atoms with Gasteiger partial charge in [-0.3, -0.25) is 4.79 Å². The molecule has 0 aromatic heterocycles. The Labute approximate surface area is 228 Å². The fourth-order valence-electron chi connectivity index (χ4n) is 4.21. The smallest absolute Gasteiger partial charge is 0.262 e. The van der Waals surface area contributed by atoms with E-state index in [4.69, 9.17) is 14.2 Å². The lowest BCUT2D eigenvalue weighted by Crippen LogP contribution is -2.23. The van der Waals surface area contributed by atoms with E-state index in [1.807, 2.05) is 54.6 Å². The molecule has 0 aliphatic carbocycles. The van der Waals surface area contributed by atoms with Crippen LogP contribution in [0.25, 0.3) is 16.8 Å². The van der Waals surface area contributed by atoms with Crippen molar-refractivity contribution in [3.05, 3.63) is 119 Å². The summed E-state index contributed by atoms with van der Waals surface area (Å²) in [5, 5.41) is 14.8. The second kappa shape index (κ2) is 13.0. The number of allylic oxidation sites excluding steroid dienone is 1. The van der Waals surface area contributed by atoms with Gasteiger partial charge in [-0.25, -0.2) is 0 Å². The highest BCUT2D eigenvalue weighted by Crippen LogP contribution is 2.35. The lowest BCUT2D eigenvalue weighted by Gasteiger charge is -2.16. The number of benzene rings is 4. The molecule has 0 saturated carbocycles. The number of nitriles is 1. The molecule has 0 radical (unpaired) electrons. The van der Waals surface area contributed by atoms with E-state index in [9.17, 15) is 10.1 Å². The van der Waals surface area contributed by atoms with Gasteiger partial charge in [-0.15, -0.1) is 6.58 Å². The first kappa shape index (κ1) is 27.0. The zero-order valence-corrected chi connectivity index (χ0v) is 22.1. The van der Waals surface area contributed by atoms with Crippen LogP contribution < -0.4 is 19.5 Å². The molecule has 4 rings (SSSR count). The minimum absolute atomic E-state index is 0.0139. The van der Waals surface area contributed by atoms with Crippen LogP contribution in [0.3, 0.4) is 0 Å². The van der Waals surface area contributed by atoms with Crippen molar-refractivity contribution in [1.82, 2.24) is 5.32 Å². The first-order valence-electron chi connectivity index (χ1n) is 12.5. The maximum Gasteiger partial charge on any atom is 0.262 e. The number of carbonyl (C=O) groups excluding carboxylic acids is 1. The van der Waals surface area contributed by atoms with Crippen molar-refractivity contribution in [2.45, 2.75) is 19.6 Å². The number of hydrogen-bond acceptors (Lipinski definition) is 5. The van der Waals surface area contributed by atoms with Crippen molar-refractivity contribution >= 4 is 22.8 Å². The highest BCUT2D eigenvalue weighted by molar-refractivity contribution is 6.01. The van der Waals surface area contributed by atoms with Gasteiger partial charge in [-0.2, -0.15) is 5.26 Å². The third kappa shape index (κ3) is 6.85. The standard InChI is InChI=1S/C33H30N2O4/c1-4-7-28-17-25(18-29(20-34)33(36)35-21-23-11-14-30(37-2)15-12-23)19-31(38-3)32(28)39-22-24-10-13-26-8-5-6-9-27(26)16-24/h4-6,8-19H,1,7,21-22H2,2-3H3,(H,35,36)/b29-18-. The number of nitrogens with one attached hydrogen (secondary N) is 1. The fourth-order valence-corrected chi connectivity index (χ4v) is 4.21. The number of fused-ring (bicyclic) bond motifs is 1. The molecule has 6 heteroatoms. The maximum atomic E-state index is 12.8. The van der Waals surface area contributed by atoms with Gasteiger partial charge in [0.25, 0.3) is 5.91 Å². The van der Waals surface area contributed by atoms with Crippen molar-refractivity contribution in [2.75, 3.05) is 14.2 Å². The van der Waals surface area contributed by atoms with Crippen LogP contribution in [0.15, 0.2) is 97.1 Å². The Bertz CT molecular complexity index is 1550. The lowest BCUT2D eigenvalue weighted by atomic mass is 10.0. The zero-order chi connectivity index (χ0) is 27.6. The van der Waals surface area contributed by atoms with Crippen LogP contribution in [0.5, 0.6) is 17.2 Å². The normalized spacial score (nSPS) is 10.9. The molecule has 196 valence electrons. The van der Waals surface area contributed by atoms with Gasteiger partial charge < -0.3 is 19.5 Å². The number of rotatable bonds is 11. The number of nitrogens with zero attached hydrogens (tertiary/aromatic N) is 1. The summed E-state index contributed by atoms with van der Waals surface area (Å²) in [4.78, 5) is 12.8. The van der Waals surface area contributed by atoms with Crippen molar-refractivity contribution in [2.24, 2.45) is 0 Å². The number of methoxy groups -OCH3 is 2. The van der Waals surface area contributed by atoms with E-state index in [-0.39, 0.29) is 12.1 Å². The monoisotopic (exact) mass is 518 g/mol. The average molecular weight is 519 g/mol. The SMILES string of the molecule is C=CCc1cc(/C=C(/C#N)C(=O)NCc2ccc(OC)cc2)cc(OC)c1OCc1ccc2ccccc2c1. The Balaban J connectivity index is 1.54. The molecular weight excluding hydrogens is 488 g/mol. The molecule has 0 heterocycles. The number of amides is 1. The van der Waals surface area contributed by atoms with Crippen LogP contribution in [0.2, 0.25) is 0 Å². The van der Waals surface area contributed by atoms with Gasteiger partial charge in [0.2, 0.25) is 0 Å². The molecule has 0 aliphatic rings. The molecule has 0 spiro atoms. The predicted octanol–water partition coefficient (Wildman–Crippen LogP) is 6.39.